The van der Waals surface area contributed by atoms with Crippen molar-refractivity contribution in [2.24, 2.45) is 0 Å². The number of hydrogen-bond acceptors (Lipinski definition) is 4. The van der Waals surface area contributed by atoms with Gasteiger partial charge in [-0.25, -0.2) is 4.98 Å². The topological polar surface area (TPSA) is 64.0 Å². The second-order valence-electron chi connectivity index (χ2n) is 5.74. The summed E-state index contributed by atoms with van der Waals surface area (Å²) in [7, 11) is 0. The normalized spacial score (nSPS) is 11.0. The van der Waals surface area contributed by atoms with E-state index in [2.05, 4.69) is 14.9 Å². The molecule has 0 unspecified atom stereocenters. The summed E-state index contributed by atoms with van der Waals surface area (Å²) in [6, 6.07) is 6.85. The third kappa shape index (κ3) is 2.85. The predicted molar refractivity (Wildman–Crippen MR) is 98.2 cm³/mol. The molecule has 1 aromatic carbocycles. The molecule has 0 spiro atoms. The van der Waals surface area contributed by atoms with Crippen LogP contribution in [0.25, 0.3) is 10.9 Å². The highest BCUT2D eigenvalue weighted by atomic mass is 32.1. The van der Waals surface area contributed by atoms with E-state index in [1.807, 2.05) is 33.8 Å². The Morgan fingerprint density at radius 2 is 2.00 bits per heavy atom. The summed E-state index contributed by atoms with van der Waals surface area (Å²) >= 11 is 1.44. The van der Waals surface area contributed by atoms with E-state index in [0.29, 0.717) is 16.1 Å². The summed E-state index contributed by atoms with van der Waals surface area (Å²) in [5.41, 5.74) is 3.07. The summed E-state index contributed by atoms with van der Waals surface area (Å²) in [5.74, 6) is -0.256. The largest absolute Gasteiger partial charge is 0.345 e. The number of carbonyl (C=O) groups is 1. The van der Waals surface area contributed by atoms with Gasteiger partial charge in [-0.15, -0.1) is 11.3 Å². The number of nitrogens with one attached hydrogen (secondary N) is 1. The molecule has 24 heavy (non-hydrogen) atoms. The molecule has 0 aliphatic rings. The molecule has 0 atom stereocenters. The third-order valence-corrected chi connectivity index (χ3v) is 5.13. The number of carbonyl (C=O) groups excluding carboxylic acids is 1. The predicted octanol–water partition coefficient (Wildman–Crippen LogP) is 3.66. The molecule has 0 saturated heterocycles. The quantitative estimate of drug-likeness (QED) is 0.791. The van der Waals surface area contributed by atoms with Crippen LogP contribution in [0.15, 0.2) is 29.1 Å². The number of fused-ring (bicyclic) bond motifs is 1. The van der Waals surface area contributed by atoms with Crippen LogP contribution in [0.1, 0.15) is 33.5 Å². The number of aryl methyl sites for hydroxylation is 4. The van der Waals surface area contributed by atoms with Gasteiger partial charge in [-0.3, -0.25) is 14.9 Å². The highest BCUT2D eigenvalue weighted by Gasteiger charge is 2.13. The zero-order chi connectivity index (χ0) is 17.4. The monoisotopic (exact) mass is 341 g/mol. The lowest BCUT2D eigenvalue weighted by molar-refractivity contribution is 0.102. The number of benzene rings is 1. The fraction of sp³-hybridized carbons (Fsp3) is 0.278. The maximum Gasteiger partial charge on any atom is 0.257 e. The molecule has 5 nitrogen and oxygen atoms in total. The summed E-state index contributed by atoms with van der Waals surface area (Å²) in [6.07, 6.45) is 0. The number of aromatic nitrogens is 2. The van der Waals surface area contributed by atoms with Crippen molar-refractivity contribution in [1.82, 2.24) is 9.55 Å². The van der Waals surface area contributed by atoms with Crippen LogP contribution in [-0.2, 0) is 6.54 Å². The molecule has 6 heteroatoms. The van der Waals surface area contributed by atoms with Crippen LogP contribution >= 0.6 is 11.3 Å². The van der Waals surface area contributed by atoms with Gasteiger partial charge in [0.1, 0.15) is 0 Å². The zero-order valence-electron chi connectivity index (χ0n) is 14.1. The van der Waals surface area contributed by atoms with E-state index in [1.54, 1.807) is 18.2 Å². The van der Waals surface area contributed by atoms with Gasteiger partial charge in [0.2, 0.25) is 0 Å². The van der Waals surface area contributed by atoms with Crippen molar-refractivity contribution in [3.8, 4) is 0 Å². The van der Waals surface area contributed by atoms with E-state index in [4.69, 9.17) is 0 Å². The van der Waals surface area contributed by atoms with Gasteiger partial charge in [-0.1, -0.05) is 0 Å². The summed E-state index contributed by atoms with van der Waals surface area (Å²) < 4.78 is 2.06. The van der Waals surface area contributed by atoms with Crippen LogP contribution in [0.2, 0.25) is 0 Å². The van der Waals surface area contributed by atoms with Crippen molar-refractivity contribution in [2.75, 3.05) is 5.32 Å². The van der Waals surface area contributed by atoms with Crippen LogP contribution in [0.3, 0.4) is 0 Å². The molecule has 0 fully saturated rings. The number of anilines is 1. The van der Waals surface area contributed by atoms with Gasteiger partial charge in [0.05, 0.1) is 11.2 Å². The molecule has 2 heterocycles. The molecule has 124 valence electrons. The van der Waals surface area contributed by atoms with Crippen molar-refractivity contribution < 1.29 is 4.79 Å². The molecule has 0 radical (unpaired) electrons. The molecule has 0 aliphatic carbocycles. The van der Waals surface area contributed by atoms with E-state index in [-0.39, 0.29) is 11.3 Å². The molecule has 3 rings (SSSR count). The lowest BCUT2D eigenvalue weighted by Gasteiger charge is -2.13. The number of nitrogens with zero attached hydrogens (tertiary/aromatic N) is 2. The van der Waals surface area contributed by atoms with Crippen LogP contribution in [0, 0.1) is 20.8 Å². The average Bonchev–Trinajstić information content (AvgIpc) is 2.85. The highest BCUT2D eigenvalue weighted by molar-refractivity contribution is 7.15. The molecule has 0 bridgehead atoms. The third-order valence-electron chi connectivity index (χ3n) is 4.15. The molecule has 1 amide bonds. The number of pyridine rings is 1. The first kappa shape index (κ1) is 16.4. The van der Waals surface area contributed by atoms with Gasteiger partial charge in [-0.2, -0.15) is 0 Å². The summed E-state index contributed by atoms with van der Waals surface area (Å²) in [5, 5.41) is 3.93. The van der Waals surface area contributed by atoms with E-state index in [0.717, 1.165) is 28.3 Å². The van der Waals surface area contributed by atoms with Crippen molar-refractivity contribution >= 4 is 33.3 Å². The second-order valence-corrected chi connectivity index (χ2v) is 6.94. The van der Waals surface area contributed by atoms with Crippen molar-refractivity contribution in [3.63, 3.8) is 0 Å². The maximum atomic E-state index is 12.5. The zero-order valence-corrected chi connectivity index (χ0v) is 15.0. The summed E-state index contributed by atoms with van der Waals surface area (Å²) in [4.78, 5) is 30.1. The first-order valence-corrected chi connectivity index (χ1v) is 8.62. The Balaban J connectivity index is 2.01. The minimum atomic E-state index is -0.256. The van der Waals surface area contributed by atoms with Gasteiger partial charge in [0.15, 0.2) is 10.6 Å². The molecular weight excluding hydrogens is 322 g/mol. The Morgan fingerprint density at radius 1 is 1.25 bits per heavy atom. The van der Waals surface area contributed by atoms with Crippen molar-refractivity contribution in [3.05, 3.63) is 56.3 Å². The number of hydrogen-bond donors (Lipinski definition) is 1. The molecule has 0 saturated carbocycles. The molecule has 1 N–H and O–H groups in total. The van der Waals surface area contributed by atoms with Crippen LogP contribution < -0.4 is 10.7 Å². The van der Waals surface area contributed by atoms with Gasteiger partial charge in [0.25, 0.3) is 5.91 Å². The minimum absolute atomic E-state index is 0.0669. The number of amides is 1. The Hall–Kier alpha value is -2.47. The second kappa shape index (κ2) is 6.20. The first-order valence-electron chi connectivity index (χ1n) is 7.80. The van der Waals surface area contributed by atoms with Crippen molar-refractivity contribution in [1.29, 1.82) is 0 Å². The fourth-order valence-corrected chi connectivity index (χ4v) is 3.57. The van der Waals surface area contributed by atoms with E-state index >= 15 is 0 Å². The molecular formula is C18H19N3O2S. The van der Waals surface area contributed by atoms with Gasteiger partial charge >= 0.3 is 0 Å². The van der Waals surface area contributed by atoms with E-state index < -0.39 is 0 Å². The van der Waals surface area contributed by atoms with Crippen LogP contribution in [-0.4, -0.2) is 15.5 Å². The number of rotatable bonds is 3. The van der Waals surface area contributed by atoms with Gasteiger partial charge in [-0.05, 0) is 45.9 Å². The lowest BCUT2D eigenvalue weighted by Crippen LogP contribution is -2.15. The number of thiazole rings is 1. The molecule has 0 aliphatic heterocycles. The smallest absolute Gasteiger partial charge is 0.257 e. The Labute approximate surface area is 144 Å². The SMILES string of the molecule is CCn1c(C)cc(=O)c2cc(C(=O)Nc3nc(C)c(C)s3)ccc21. The Kier molecular flexibility index (Phi) is 4.24. The Bertz CT molecular complexity index is 982. The highest BCUT2D eigenvalue weighted by Crippen LogP contribution is 2.22. The van der Waals surface area contributed by atoms with Gasteiger partial charge < -0.3 is 4.57 Å². The van der Waals surface area contributed by atoms with E-state index in [9.17, 15) is 9.59 Å². The van der Waals surface area contributed by atoms with Crippen LogP contribution in [0.4, 0.5) is 5.13 Å². The van der Waals surface area contributed by atoms with Crippen molar-refractivity contribution in [2.45, 2.75) is 34.2 Å². The minimum Gasteiger partial charge on any atom is -0.345 e. The molecule has 2 aromatic heterocycles. The lowest BCUT2D eigenvalue weighted by atomic mass is 10.1. The standard InChI is InChI=1S/C18H19N3O2S/c1-5-21-10(2)8-16(22)14-9-13(6-7-15(14)21)17(23)20-18-19-11(3)12(4)24-18/h6-9H,5H2,1-4H3,(H,19,20,23). The fourth-order valence-electron chi connectivity index (χ4n) is 2.76. The average molecular weight is 341 g/mol. The Morgan fingerprint density at radius 3 is 2.62 bits per heavy atom. The van der Waals surface area contributed by atoms with E-state index in [1.165, 1.54) is 11.3 Å². The first-order chi connectivity index (χ1) is 11.4. The van der Waals surface area contributed by atoms with Crippen LogP contribution in [0.5, 0.6) is 0 Å². The maximum absolute atomic E-state index is 12.5. The van der Waals surface area contributed by atoms with Gasteiger partial charge in [0, 0.05) is 34.1 Å². The molecule has 3 aromatic rings. The summed E-state index contributed by atoms with van der Waals surface area (Å²) in [6.45, 7) is 8.59.